The minimum atomic E-state index is -0.132. The Labute approximate surface area is 189 Å². The first-order chi connectivity index (χ1) is 15.6. The molecule has 1 aliphatic carbocycles. The number of carbonyl (C=O) groups is 2. The van der Waals surface area contributed by atoms with Crippen molar-refractivity contribution >= 4 is 34.0 Å². The number of carbonyl (C=O) groups excluding carboxylic acids is 2. The van der Waals surface area contributed by atoms with Crippen LogP contribution in [0.3, 0.4) is 0 Å². The van der Waals surface area contributed by atoms with Crippen LogP contribution in [-0.4, -0.2) is 30.1 Å². The zero-order valence-corrected chi connectivity index (χ0v) is 18.1. The van der Waals surface area contributed by atoms with Crippen LogP contribution in [0.15, 0.2) is 41.8 Å². The summed E-state index contributed by atoms with van der Waals surface area (Å²) in [7, 11) is 0. The Balaban J connectivity index is 1.13. The number of aromatic nitrogens is 1. The van der Waals surface area contributed by atoms with Crippen LogP contribution in [0.1, 0.15) is 24.0 Å². The SMILES string of the molecule is O=C(Cc1ccc2c(c1)OCO2)Nc1nc(-c2ccc3c(c2)CCN3C(=O)C2CC2)cs1. The molecular weight excluding hydrogens is 426 g/mol. The van der Waals surface area contributed by atoms with Crippen LogP contribution in [0.4, 0.5) is 10.8 Å². The second-order valence-electron chi connectivity index (χ2n) is 8.31. The molecule has 0 radical (unpaired) electrons. The molecule has 3 heterocycles. The van der Waals surface area contributed by atoms with Crippen LogP contribution in [0, 0.1) is 5.92 Å². The van der Waals surface area contributed by atoms with E-state index >= 15 is 0 Å². The van der Waals surface area contributed by atoms with E-state index in [4.69, 9.17) is 9.47 Å². The van der Waals surface area contributed by atoms with Gasteiger partial charge in [-0.3, -0.25) is 9.59 Å². The molecule has 0 bridgehead atoms. The van der Waals surface area contributed by atoms with Gasteiger partial charge in [0.1, 0.15) is 0 Å². The zero-order chi connectivity index (χ0) is 21.7. The molecule has 6 rings (SSSR count). The molecule has 0 unspecified atom stereocenters. The highest BCUT2D eigenvalue weighted by atomic mass is 32.1. The lowest BCUT2D eigenvalue weighted by atomic mass is 10.1. The van der Waals surface area contributed by atoms with Gasteiger partial charge >= 0.3 is 0 Å². The highest BCUT2D eigenvalue weighted by Crippen LogP contribution is 2.38. The predicted octanol–water partition coefficient (Wildman–Crippen LogP) is 4.02. The second-order valence-corrected chi connectivity index (χ2v) is 9.17. The van der Waals surface area contributed by atoms with Crippen molar-refractivity contribution in [2.75, 3.05) is 23.6 Å². The van der Waals surface area contributed by atoms with Gasteiger partial charge in [-0.25, -0.2) is 4.98 Å². The normalized spacial score (nSPS) is 16.2. The smallest absolute Gasteiger partial charge is 0.231 e. The number of thiazole rings is 1. The zero-order valence-electron chi connectivity index (χ0n) is 17.3. The summed E-state index contributed by atoms with van der Waals surface area (Å²) in [4.78, 5) is 31.5. The van der Waals surface area contributed by atoms with E-state index in [1.807, 2.05) is 40.6 Å². The molecule has 2 aromatic carbocycles. The van der Waals surface area contributed by atoms with Crippen LogP contribution in [0.25, 0.3) is 11.3 Å². The maximum atomic E-state index is 12.5. The summed E-state index contributed by atoms with van der Waals surface area (Å²) in [5.41, 5.74) is 4.88. The minimum absolute atomic E-state index is 0.132. The maximum Gasteiger partial charge on any atom is 0.231 e. The monoisotopic (exact) mass is 447 g/mol. The molecule has 32 heavy (non-hydrogen) atoms. The van der Waals surface area contributed by atoms with E-state index in [0.717, 1.165) is 48.3 Å². The topological polar surface area (TPSA) is 80.8 Å². The number of benzene rings is 2. The van der Waals surface area contributed by atoms with Gasteiger partial charge in [-0.05, 0) is 54.7 Å². The molecule has 7 nitrogen and oxygen atoms in total. The highest BCUT2D eigenvalue weighted by molar-refractivity contribution is 7.14. The van der Waals surface area contributed by atoms with Crippen molar-refractivity contribution in [3.8, 4) is 22.8 Å². The van der Waals surface area contributed by atoms with Crippen LogP contribution in [0.2, 0.25) is 0 Å². The lowest BCUT2D eigenvalue weighted by molar-refractivity contribution is -0.119. The average molecular weight is 448 g/mol. The van der Waals surface area contributed by atoms with E-state index in [1.165, 1.54) is 16.9 Å². The van der Waals surface area contributed by atoms with Crippen molar-refractivity contribution in [2.24, 2.45) is 5.92 Å². The predicted molar refractivity (Wildman–Crippen MR) is 121 cm³/mol. The Kier molecular flexibility index (Phi) is 4.61. The van der Waals surface area contributed by atoms with Gasteiger partial charge < -0.3 is 19.7 Å². The van der Waals surface area contributed by atoms with Crippen LogP contribution >= 0.6 is 11.3 Å². The molecule has 3 aromatic rings. The molecule has 3 aliphatic rings. The quantitative estimate of drug-likeness (QED) is 0.639. The van der Waals surface area contributed by atoms with Crippen molar-refractivity contribution in [1.29, 1.82) is 0 Å². The molecule has 0 atom stereocenters. The van der Waals surface area contributed by atoms with Gasteiger partial charge in [0.05, 0.1) is 12.1 Å². The third-order valence-corrected chi connectivity index (χ3v) is 6.77. The van der Waals surface area contributed by atoms with Crippen molar-refractivity contribution < 1.29 is 19.1 Å². The number of fused-ring (bicyclic) bond motifs is 2. The molecular formula is C24H21N3O4S. The number of hydrogen-bond acceptors (Lipinski definition) is 6. The Morgan fingerprint density at radius 3 is 2.88 bits per heavy atom. The van der Waals surface area contributed by atoms with Crippen LogP contribution in [-0.2, 0) is 22.4 Å². The standard InChI is InChI=1S/C24H21N3O4S/c28-22(10-14-1-6-20-21(9-14)31-13-30-20)26-24-25-18(12-32-24)16-4-5-19-17(11-16)7-8-27(19)23(29)15-2-3-15/h1,4-6,9,11-12,15H,2-3,7-8,10,13H2,(H,25,26,28). The molecule has 0 spiro atoms. The maximum absolute atomic E-state index is 12.5. The molecule has 1 aromatic heterocycles. The van der Waals surface area contributed by atoms with Crippen molar-refractivity contribution in [3.05, 3.63) is 52.9 Å². The van der Waals surface area contributed by atoms with Gasteiger partial charge in [0.25, 0.3) is 0 Å². The van der Waals surface area contributed by atoms with Crippen molar-refractivity contribution in [1.82, 2.24) is 4.98 Å². The first-order valence-electron chi connectivity index (χ1n) is 10.7. The fourth-order valence-electron chi connectivity index (χ4n) is 4.20. The minimum Gasteiger partial charge on any atom is -0.454 e. The Bertz CT molecular complexity index is 1230. The molecule has 2 amide bonds. The number of anilines is 2. The van der Waals surface area contributed by atoms with Gasteiger partial charge in [-0.2, -0.15) is 0 Å². The van der Waals surface area contributed by atoms with E-state index < -0.39 is 0 Å². The van der Waals surface area contributed by atoms with E-state index in [-0.39, 0.29) is 30.9 Å². The highest BCUT2D eigenvalue weighted by Gasteiger charge is 2.36. The lowest BCUT2D eigenvalue weighted by Gasteiger charge is -2.17. The number of rotatable bonds is 5. The third-order valence-electron chi connectivity index (χ3n) is 6.02. The Morgan fingerprint density at radius 2 is 2.00 bits per heavy atom. The average Bonchev–Trinajstić information content (AvgIpc) is 3.18. The summed E-state index contributed by atoms with van der Waals surface area (Å²) in [5.74, 6) is 1.72. The summed E-state index contributed by atoms with van der Waals surface area (Å²) in [6, 6.07) is 11.7. The summed E-state index contributed by atoms with van der Waals surface area (Å²) in [6.07, 6.45) is 3.13. The molecule has 8 heteroatoms. The first kappa shape index (κ1) is 19.3. The number of ether oxygens (including phenoxy) is 2. The molecule has 2 aliphatic heterocycles. The number of hydrogen-bond donors (Lipinski definition) is 1. The fourth-order valence-corrected chi connectivity index (χ4v) is 4.94. The van der Waals surface area contributed by atoms with E-state index in [1.54, 1.807) is 0 Å². The fraction of sp³-hybridized carbons (Fsp3) is 0.292. The van der Waals surface area contributed by atoms with Gasteiger partial charge in [0.2, 0.25) is 18.6 Å². The van der Waals surface area contributed by atoms with E-state index in [9.17, 15) is 9.59 Å². The summed E-state index contributed by atoms with van der Waals surface area (Å²) in [6.45, 7) is 0.969. The van der Waals surface area contributed by atoms with Crippen LogP contribution < -0.4 is 19.7 Å². The summed E-state index contributed by atoms with van der Waals surface area (Å²) < 4.78 is 10.7. The van der Waals surface area contributed by atoms with Gasteiger partial charge in [0, 0.05) is 29.1 Å². The Morgan fingerprint density at radius 1 is 1.12 bits per heavy atom. The molecule has 0 saturated heterocycles. The molecule has 1 N–H and O–H groups in total. The molecule has 1 fully saturated rings. The number of nitrogens with one attached hydrogen (secondary N) is 1. The summed E-state index contributed by atoms with van der Waals surface area (Å²) >= 11 is 1.40. The van der Waals surface area contributed by atoms with Crippen LogP contribution in [0.5, 0.6) is 11.5 Å². The van der Waals surface area contributed by atoms with Crippen molar-refractivity contribution in [3.63, 3.8) is 0 Å². The first-order valence-corrected chi connectivity index (χ1v) is 11.6. The largest absolute Gasteiger partial charge is 0.454 e. The van der Waals surface area contributed by atoms with E-state index in [0.29, 0.717) is 16.6 Å². The number of amides is 2. The van der Waals surface area contributed by atoms with Gasteiger partial charge in [-0.15, -0.1) is 11.3 Å². The van der Waals surface area contributed by atoms with Gasteiger partial charge in [0.15, 0.2) is 16.6 Å². The lowest BCUT2D eigenvalue weighted by Crippen LogP contribution is -2.30. The van der Waals surface area contributed by atoms with Crippen molar-refractivity contribution in [2.45, 2.75) is 25.7 Å². The number of nitrogens with zero attached hydrogens (tertiary/aromatic N) is 2. The summed E-state index contributed by atoms with van der Waals surface area (Å²) in [5, 5.41) is 5.40. The second kappa shape index (κ2) is 7.63. The Hall–Kier alpha value is -3.39. The van der Waals surface area contributed by atoms with Gasteiger partial charge in [-0.1, -0.05) is 12.1 Å². The molecule has 162 valence electrons. The van der Waals surface area contributed by atoms with E-state index in [2.05, 4.69) is 16.4 Å². The third kappa shape index (κ3) is 3.60. The molecule has 1 saturated carbocycles.